The van der Waals surface area contributed by atoms with Crippen molar-refractivity contribution < 1.29 is 39.5 Å². The summed E-state index contributed by atoms with van der Waals surface area (Å²) in [6, 6.07) is 0. The number of hydrogen-bond acceptors (Lipinski definition) is 8. The summed E-state index contributed by atoms with van der Waals surface area (Å²) in [6.07, 6.45) is -2.23. The van der Waals surface area contributed by atoms with E-state index in [1.807, 2.05) is 0 Å². The second-order valence-corrected chi connectivity index (χ2v) is 10.2. The molecule has 0 amide bonds. The fourth-order valence-electron chi connectivity index (χ4n) is 3.57. The van der Waals surface area contributed by atoms with Crippen LogP contribution in [0.4, 0.5) is 0 Å². The van der Waals surface area contributed by atoms with Crippen LogP contribution in [0.2, 0.25) is 0 Å². The van der Waals surface area contributed by atoms with Gasteiger partial charge in [0.05, 0.1) is 17.1 Å². The van der Waals surface area contributed by atoms with Gasteiger partial charge >= 0.3 is 11.9 Å². The maximum absolute atomic E-state index is 12.5. The summed E-state index contributed by atoms with van der Waals surface area (Å²) in [5.74, 6) is -2.21. The lowest BCUT2D eigenvalue weighted by Crippen LogP contribution is -2.62. The molecule has 34 heavy (non-hydrogen) atoms. The Morgan fingerprint density at radius 3 is 2.18 bits per heavy atom. The van der Waals surface area contributed by atoms with Crippen molar-refractivity contribution in [2.75, 3.05) is 0 Å². The molecule has 1 aliphatic carbocycles. The third kappa shape index (κ3) is 7.15. The zero-order valence-electron chi connectivity index (χ0n) is 21.0. The van der Waals surface area contributed by atoms with E-state index in [2.05, 4.69) is 6.58 Å². The van der Waals surface area contributed by atoms with Crippen molar-refractivity contribution in [2.45, 2.75) is 102 Å². The number of aliphatic hydroxyl groups excluding tert-OH is 2. The number of allylic oxidation sites excluding steroid dienone is 2. The van der Waals surface area contributed by atoms with E-state index in [-0.39, 0.29) is 24.0 Å². The van der Waals surface area contributed by atoms with Crippen LogP contribution < -0.4 is 0 Å². The topological polar surface area (TPSA) is 134 Å². The first-order valence-electron chi connectivity index (χ1n) is 11.3. The molecule has 194 valence electrons. The molecule has 0 aromatic carbocycles. The zero-order chi connectivity index (χ0) is 26.6. The normalized spacial score (nSPS) is 30.4. The van der Waals surface area contributed by atoms with Gasteiger partial charge in [-0.3, -0.25) is 0 Å². The summed E-state index contributed by atoms with van der Waals surface area (Å²) < 4.78 is 11.0. The Hall–Kier alpha value is -1.71. The van der Waals surface area contributed by atoms with Crippen molar-refractivity contribution >= 4 is 23.5 Å². The number of hydrogen-bond donors (Lipinski definition) is 4. The van der Waals surface area contributed by atoms with E-state index in [0.717, 1.165) is 0 Å². The first-order chi connectivity index (χ1) is 15.5. The summed E-state index contributed by atoms with van der Waals surface area (Å²) in [4.78, 5) is 24.9. The highest BCUT2D eigenvalue weighted by Crippen LogP contribution is 2.42. The fraction of sp³-hybridized carbons (Fsp3) is 0.680. The molecule has 1 saturated carbocycles. The molecule has 0 heterocycles. The van der Waals surface area contributed by atoms with Crippen LogP contribution in [-0.4, -0.2) is 73.4 Å². The lowest BCUT2D eigenvalue weighted by atomic mass is 9.71. The molecule has 7 atom stereocenters. The Bertz CT molecular complexity index is 823. The van der Waals surface area contributed by atoms with Gasteiger partial charge in [-0.2, -0.15) is 0 Å². The molecule has 1 aliphatic rings. The van der Waals surface area contributed by atoms with Crippen molar-refractivity contribution in [1.82, 2.24) is 0 Å². The van der Waals surface area contributed by atoms with E-state index in [1.165, 1.54) is 33.8 Å². The molecule has 8 nitrogen and oxygen atoms in total. The third-order valence-corrected chi connectivity index (χ3v) is 7.15. The van der Waals surface area contributed by atoms with E-state index in [9.17, 15) is 30.0 Å². The highest BCUT2D eigenvalue weighted by atomic mass is 35.5. The minimum atomic E-state index is -1.75. The van der Waals surface area contributed by atoms with E-state index in [1.54, 1.807) is 26.8 Å². The molecule has 0 spiro atoms. The van der Waals surface area contributed by atoms with Gasteiger partial charge in [0.1, 0.15) is 17.8 Å². The van der Waals surface area contributed by atoms with Crippen LogP contribution in [0.15, 0.2) is 35.5 Å². The second kappa shape index (κ2) is 11.8. The molecule has 0 saturated heterocycles. The van der Waals surface area contributed by atoms with E-state index in [0.29, 0.717) is 5.57 Å². The molecule has 0 bridgehead atoms. The minimum absolute atomic E-state index is 0.0421. The second-order valence-electron chi connectivity index (χ2n) is 9.67. The molecule has 1 rings (SSSR count). The van der Waals surface area contributed by atoms with Crippen LogP contribution in [0.1, 0.15) is 61.3 Å². The minimum Gasteiger partial charge on any atom is -0.454 e. The number of esters is 2. The van der Waals surface area contributed by atoms with Crippen LogP contribution in [0.5, 0.6) is 0 Å². The first kappa shape index (κ1) is 30.3. The monoisotopic (exact) mass is 502 g/mol. The SMILES string of the molecule is C=C(C(CC(O)C(C)(C)O)OC(=O)/C(C)=C\C)[C@H]1C[C@H](Cl)[C@@](C)(O)[C@@H](OC(=O)/C(C)=C\C)[C@H]1O. The van der Waals surface area contributed by atoms with Gasteiger partial charge in [0.25, 0.3) is 0 Å². The number of ether oxygens (including phenoxy) is 2. The Morgan fingerprint density at radius 2 is 1.71 bits per heavy atom. The maximum atomic E-state index is 12.5. The Balaban J connectivity index is 3.32. The average Bonchev–Trinajstić information content (AvgIpc) is 2.76. The van der Waals surface area contributed by atoms with Crippen LogP contribution >= 0.6 is 11.6 Å². The van der Waals surface area contributed by atoms with Gasteiger partial charge in [0, 0.05) is 23.5 Å². The molecule has 2 unspecified atom stereocenters. The van der Waals surface area contributed by atoms with Gasteiger partial charge in [-0.05, 0) is 60.5 Å². The van der Waals surface area contributed by atoms with Crippen molar-refractivity contribution in [3.63, 3.8) is 0 Å². The Kier molecular flexibility index (Phi) is 10.5. The van der Waals surface area contributed by atoms with Crippen molar-refractivity contribution in [3.8, 4) is 0 Å². The van der Waals surface area contributed by atoms with Gasteiger partial charge < -0.3 is 29.9 Å². The molecule has 1 fully saturated rings. The molecule has 0 aromatic rings. The zero-order valence-corrected chi connectivity index (χ0v) is 21.8. The molecular weight excluding hydrogens is 464 g/mol. The fourth-order valence-corrected chi connectivity index (χ4v) is 3.88. The highest BCUT2D eigenvalue weighted by Gasteiger charge is 2.54. The largest absolute Gasteiger partial charge is 0.454 e. The van der Waals surface area contributed by atoms with Crippen LogP contribution in [-0.2, 0) is 19.1 Å². The van der Waals surface area contributed by atoms with E-state index in [4.69, 9.17) is 21.1 Å². The first-order valence-corrected chi connectivity index (χ1v) is 11.7. The number of carbonyl (C=O) groups excluding carboxylic acids is 2. The van der Waals surface area contributed by atoms with E-state index < -0.39 is 58.9 Å². The standard InChI is InChI=1S/C25H39ClO8/c1-9-13(3)22(29)33-17(12-19(27)24(6,7)31)15(5)16-11-18(26)25(8,32)21(20(16)28)34-23(30)14(4)10-2/h9-10,16-21,27-28,31-32H,5,11-12H2,1-4,6-8H3/b13-9-,14-10-/t16-,17?,18+,19?,20+,21+,25-/m1/s1. The lowest BCUT2D eigenvalue weighted by Gasteiger charge is -2.47. The van der Waals surface area contributed by atoms with Crippen molar-refractivity contribution in [1.29, 1.82) is 0 Å². The molecular formula is C25H39ClO8. The van der Waals surface area contributed by atoms with Crippen LogP contribution in [0.25, 0.3) is 0 Å². The molecule has 9 heteroatoms. The Morgan fingerprint density at radius 1 is 1.21 bits per heavy atom. The molecule has 0 aliphatic heterocycles. The summed E-state index contributed by atoms with van der Waals surface area (Å²) in [7, 11) is 0. The predicted molar refractivity (Wildman–Crippen MR) is 129 cm³/mol. The summed E-state index contributed by atoms with van der Waals surface area (Å²) in [5.41, 5.74) is -2.41. The summed E-state index contributed by atoms with van der Waals surface area (Å²) >= 11 is 6.45. The third-order valence-electron chi connectivity index (χ3n) is 6.53. The van der Waals surface area contributed by atoms with Crippen molar-refractivity contribution in [2.24, 2.45) is 5.92 Å². The highest BCUT2D eigenvalue weighted by molar-refractivity contribution is 6.21. The smallest absolute Gasteiger partial charge is 0.333 e. The lowest BCUT2D eigenvalue weighted by molar-refractivity contribution is -0.190. The maximum Gasteiger partial charge on any atom is 0.333 e. The number of halogens is 1. The summed E-state index contributed by atoms with van der Waals surface area (Å²) in [5, 5.41) is 41.8. The predicted octanol–water partition coefficient (Wildman–Crippen LogP) is 2.56. The van der Waals surface area contributed by atoms with Gasteiger partial charge in [0.2, 0.25) is 0 Å². The van der Waals surface area contributed by atoms with Gasteiger partial charge in [0.15, 0.2) is 6.10 Å². The average molecular weight is 503 g/mol. The number of aliphatic hydroxyl groups is 4. The van der Waals surface area contributed by atoms with Gasteiger partial charge in [-0.15, -0.1) is 11.6 Å². The van der Waals surface area contributed by atoms with Gasteiger partial charge in [-0.1, -0.05) is 18.7 Å². The van der Waals surface area contributed by atoms with Crippen LogP contribution in [0, 0.1) is 5.92 Å². The quantitative estimate of drug-likeness (QED) is 0.163. The molecule has 4 N–H and O–H groups in total. The number of carbonyl (C=O) groups is 2. The summed E-state index contributed by atoms with van der Waals surface area (Å²) in [6.45, 7) is 14.6. The Labute approximate surface area is 206 Å². The molecule has 0 aromatic heterocycles. The van der Waals surface area contributed by atoms with E-state index >= 15 is 0 Å². The number of alkyl halides is 1. The van der Waals surface area contributed by atoms with Crippen LogP contribution in [0.3, 0.4) is 0 Å². The van der Waals surface area contributed by atoms with Crippen molar-refractivity contribution in [3.05, 3.63) is 35.5 Å². The van der Waals surface area contributed by atoms with Gasteiger partial charge in [-0.25, -0.2) is 9.59 Å². The molecule has 0 radical (unpaired) electrons. The number of rotatable bonds is 9.